The van der Waals surface area contributed by atoms with E-state index in [1.807, 2.05) is 43.3 Å². The van der Waals surface area contributed by atoms with Crippen molar-refractivity contribution in [2.45, 2.75) is 39.3 Å². The number of carbonyl (C=O) groups excluding carboxylic acids is 1. The molecule has 0 fully saturated rings. The largest absolute Gasteiger partial charge is 0.489 e. The van der Waals surface area contributed by atoms with E-state index in [0.29, 0.717) is 24.5 Å². The average Bonchev–Trinajstić information content (AvgIpc) is 2.53. The molecule has 1 atom stereocenters. The zero-order valence-corrected chi connectivity index (χ0v) is 13.7. The van der Waals surface area contributed by atoms with Gasteiger partial charge in [-0.2, -0.15) is 0 Å². The predicted octanol–water partition coefficient (Wildman–Crippen LogP) is 3.64. The molecule has 2 aromatic carbocycles. The van der Waals surface area contributed by atoms with Crippen molar-refractivity contribution in [3.8, 4) is 5.75 Å². The van der Waals surface area contributed by atoms with Gasteiger partial charge >= 0.3 is 0 Å². The number of nitrogens with two attached hydrogens (primary N) is 1. The molecule has 0 spiro atoms. The van der Waals surface area contributed by atoms with E-state index in [-0.39, 0.29) is 5.91 Å². The van der Waals surface area contributed by atoms with E-state index in [9.17, 15) is 4.79 Å². The van der Waals surface area contributed by atoms with Crippen molar-refractivity contribution in [2.75, 3.05) is 5.32 Å². The molecular weight excluding hydrogens is 288 g/mol. The summed E-state index contributed by atoms with van der Waals surface area (Å²) in [4.78, 5) is 12.0. The normalized spacial score (nSPS) is 11.8. The third-order valence-corrected chi connectivity index (χ3v) is 3.53. The van der Waals surface area contributed by atoms with Crippen molar-refractivity contribution in [3.05, 3.63) is 59.7 Å². The summed E-state index contributed by atoms with van der Waals surface area (Å²) < 4.78 is 5.79. The molecule has 0 aliphatic rings. The van der Waals surface area contributed by atoms with E-state index in [1.165, 1.54) is 5.56 Å². The van der Waals surface area contributed by atoms with Crippen LogP contribution in [0.3, 0.4) is 0 Å². The Bertz CT molecular complexity index is 655. The van der Waals surface area contributed by atoms with Gasteiger partial charge in [0, 0.05) is 11.8 Å². The Labute approximate surface area is 137 Å². The van der Waals surface area contributed by atoms with Crippen molar-refractivity contribution in [3.63, 3.8) is 0 Å². The highest BCUT2D eigenvalue weighted by molar-refractivity contribution is 5.94. The van der Waals surface area contributed by atoms with Gasteiger partial charge in [0.2, 0.25) is 5.91 Å². The third-order valence-electron chi connectivity index (χ3n) is 3.53. The first kappa shape index (κ1) is 17.0. The average molecular weight is 312 g/mol. The molecule has 0 radical (unpaired) electrons. The van der Waals surface area contributed by atoms with Crippen molar-refractivity contribution in [1.82, 2.24) is 0 Å². The Morgan fingerprint density at radius 3 is 2.74 bits per heavy atom. The lowest BCUT2D eigenvalue weighted by Crippen LogP contribution is -2.35. The van der Waals surface area contributed by atoms with Gasteiger partial charge in [0.1, 0.15) is 12.4 Å². The molecule has 2 aromatic rings. The van der Waals surface area contributed by atoms with Crippen molar-refractivity contribution >= 4 is 11.6 Å². The number of amides is 1. The Kier molecular flexibility index (Phi) is 6.18. The Balaban J connectivity index is 1.95. The molecule has 0 aromatic heterocycles. The zero-order chi connectivity index (χ0) is 16.7. The number of rotatable bonds is 7. The lowest BCUT2D eigenvalue weighted by Gasteiger charge is -2.12. The lowest BCUT2D eigenvalue weighted by atomic mass is 10.1. The van der Waals surface area contributed by atoms with Gasteiger partial charge in [-0.05, 0) is 31.0 Å². The van der Waals surface area contributed by atoms with Gasteiger partial charge in [0.25, 0.3) is 0 Å². The molecule has 122 valence electrons. The zero-order valence-electron chi connectivity index (χ0n) is 13.7. The van der Waals surface area contributed by atoms with Crippen LogP contribution in [0, 0.1) is 6.92 Å². The van der Waals surface area contributed by atoms with Crippen molar-refractivity contribution in [1.29, 1.82) is 0 Å². The van der Waals surface area contributed by atoms with Gasteiger partial charge in [-0.1, -0.05) is 49.2 Å². The maximum Gasteiger partial charge on any atom is 0.241 e. The molecule has 3 N–H and O–H groups in total. The Morgan fingerprint density at radius 1 is 1.22 bits per heavy atom. The van der Waals surface area contributed by atoms with Crippen molar-refractivity contribution in [2.24, 2.45) is 5.73 Å². The number of nitrogens with one attached hydrogen (secondary N) is 1. The Morgan fingerprint density at radius 2 is 2.00 bits per heavy atom. The van der Waals surface area contributed by atoms with Gasteiger partial charge in [-0.25, -0.2) is 0 Å². The number of aryl methyl sites for hydroxylation is 1. The fraction of sp³-hybridized carbons (Fsp3) is 0.316. The molecular formula is C19H24N2O2. The first-order valence-electron chi connectivity index (χ1n) is 7.93. The fourth-order valence-corrected chi connectivity index (χ4v) is 2.31. The van der Waals surface area contributed by atoms with Crippen LogP contribution in [0.5, 0.6) is 5.75 Å². The second-order valence-corrected chi connectivity index (χ2v) is 5.69. The molecule has 0 heterocycles. The smallest absolute Gasteiger partial charge is 0.241 e. The summed E-state index contributed by atoms with van der Waals surface area (Å²) in [6.07, 6.45) is 1.56. The first-order valence-corrected chi connectivity index (χ1v) is 7.93. The molecule has 1 amide bonds. The maximum atomic E-state index is 12.0. The van der Waals surface area contributed by atoms with E-state index >= 15 is 0 Å². The molecule has 0 aliphatic carbocycles. The van der Waals surface area contributed by atoms with Crippen LogP contribution in [-0.4, -0.2) is 11.9 Å². The molecule has 2 rings (SSSR count). The number of benzene rings is 2. The number of hydrogen-bond donors (Lipinski definition) is 2. The van der Waals surface area contributed by atoms with E-state index in [4.69, 9.17) is 10.5 Å². The number of carbonyl (C=O) groups is 1. The summed E-state index contributed by atoms with van der Waals surface area (Å²) in [5, 5.41) is 2.83. The van der Waals surface area contributed by atoms with E-state index < -0.39 is 6.04 Å². The van der Waals surface area contributed by atoms with Crippen LogP contribution < -0.4 is 15.8 Å². The highest BCUT2D eigenvalue weighted by Crippen LogP contribution is 2.19. The van der Waals surface area contributed by atoms with Crippen LogP contribution in [0.2, 0.25) is 0 Å². The number of anilines is 1. The van der Waals surface area contributed by atoms with Gasteiger partial charge in [-0.3, -0.25) is 4.79 Å². The summed E-state index contributed by atoms with van der Waals surface area (Å²) in [5.74, 6) is 0.552. The summed E-state index contributed by atoms with van der Waals surface area (Å²) in [5.41, 5.74) is 8.84. The van der Waals surface area contributed by atoms with Crippen LogP contribution in [0.4, 0.5) is 5.69 Å². The SMILES string of the molecule is CCCC(N)C(=O)Nc1cccc(OCc2cccc(C)c2)c1. The molecule has 23 heavy (non-hydrogen) atoms. The highest BCUT2D eigenvalue weighted by Gasteiger charge is 2.12. The topological polar surface area (TPSA) is 64.4 Å². The van der Waals surface area contributed by atoms with Gasteiger partial charge < -0.3 is 15.8 Å². The quantitative estimate of drug-likeness (QED) is 0.820. The van der Waals surface area contributed by atoms with E-state index in [1.54, 1.807) is 0 Å². The van der Waals surface area contributed by atoms with Crippen molar-refractivity contribution < 1.29 is 9.53 Å². The number of ether oxygens (including phenoxy) is 1. The Hall–Kier alpha value is -2.33. The van der Waals surface area contributed by atoms with Crippen LogP contribution in [0.25, 0.3) is 0 Å². The minimum absolute atomic E-state index is 0.164. The maximum absolute atomic E-state index is 12.0. The number of hydrogen-bond acceptors (Lipinski definition) is 3. The lowest BCUT2D eigenvalue weighted by molar-refractivity contribution is -0.117. The van der Waals surface area contributed by atoms with Crippen LogP contribution >= 0.6 is 0 Å². The van der Waals surface area contributed by atoms with Crippen LogP contribution in [0.15, 0.2) is 48.5 Å². The van der Waals surface area contributed by atoms with Gasteiger partial charge in [0.05, 0.1) is 6.04 Å². The van der Waals surface area contributed by atoms with Crippen LogP contribution in [-0.2, 0) is 11.4 Å². The minimum Gasteiger partial charge on any atom is -0.489 e. The highest BCUT2D eigenvalue weighted by atomic mass is 16.5. The van der Waals surface area contributed by atoms with Gasteiger partial charge in [0.15, 0.2) is 0 Å². The minimum atomic E-state index is -0.475. The standard InChI is InChI=1S/C19H24N2O2/c1-3-6-18(20)19(22)21-16-9-5-10-17(12-16)23-13-15-8-4-7-14(2)11-15/h4-5,7-12,18H,3,6,13,20H2,1-2H3,(H,21,22). The molecule has 1 unspecified atom stereocenters. The summed E-state index contributed by atoms with van der Waals surface area (Å²) in [7, 11) is 0. The molecule has 0 aliphatic heterocycles. The molecule has 0 saturated heterocycles. The van der Waals surface area contributed by atoms with Crippen LogP contribution in [0.1, 0.15) is 30.9 Å². The molecule has 4 heteroatoms. The molecule has 4 nitrogen and oxygen atoms in total. The van der Waals surface area contributed by atoms with Gasteiger partial charge in [-0.15, -0.1) is 0 Å². The fourth-order valence-electron chi connectivity index (χ4n) is 2.31. The second kappa shape index (κ2) is 8.34. The predicted molar refractivity (Wildman–Crippen MR) is 93.5 cm³/mol. The molecule has 0 bridgehead atoms. The van der Waals surface area contributed by atoms with E-state index in [0.717, 1.165) is 12.0 Å². The monoisotopic (exact) mass is 312 g/mol. The summed E-state index contributed by atoms with van der Waals surface area (Å²) in [6.45, 7) is 4.56. The second-order valence-electron chi connectivity index (χ2n) is 5.69. The summed E-state index contributed by atoms with van der Waals surface area (Å²) >= 11 is 0. The first-order chi connectivity index (χ1) is 11.1. The summed E-state index contributed by atoms with van der Waals surface area (Å²) in [6, 6.07) is 15.1. The van der Waals surface area contributed by atoms with E-state index in [2.05, 4.69) is 24.4 Å². The molecule has 0 saturated carbocycles. The third kappa shape index (κ3) is 5.42.